The van der Waals surface area contributed by atoms with E-state index in [1.54, 1.807) is 7.11 Å². The monoisotopic (exact) mass is 315 g/mol. The average molecular weight is 315 g/mol. The minimum atomic E-state index is 0.375. The Balaban J connectivity index is 1.76. The van der Waals surface area contributed by atoms with E-state index in [4.69, 9.17) is 4.74 Å². The van der Waals surface area contributed by atoms with Gasteiger partial charge in [0.2, 0.25) is 0 Å². The lowest BCUT2D eigenvalue weighted by atomic mass is 9.90. The summed E-state index contributed by atoms with van der Waals surface area (Å²) < 4.78 is 5.34. The SMILES string of the molecule is COc1cccc(-c2ccc3c(c2)=CNC2C=CC=CC2CC=3)c1. The molecule has 2 aliphatic rings. The van der Waals surface area contributed by atoms with Gasteiger partial charge in [-0.15, -0.1) is 0 Å². The van der Waals surface area contributed by atoms with Crippen LogP contribution in [0.5, 0.6) is 5.75 Å². The first-order valence-corrected chi connectivity index (χ1v) is 8.39. The van der Waals surface area contributed by atoms with Crippen molar-refractivity contribution in [2.75, 3.05) is 7.11 Å². The average Bonchev–Trinajstić information content (AvgIpc) is 2.63. The van der Waals surface area contributed by atoms with Crippen LogP contribution >= 0.6 is 0 Å². The molecule has 2 unspecified atom stereocenters. The summed E-state index contributed by atoms with van der Waals surface area (Å²) in [6.45, 7) is 0. The maximum atomic E-state index is 5.34. The van der Waals surface area contributed by atoms with E-state index in [0.29, 0.717) is 12.0 Å². The summed E-state index contributed by atoms with van der Waals surface area (Å²) >= 11 is 0. The molecule has 1 N–H and O–H groups in total. The van der Waals surface area contributed by atoms with Gasteiger partial charge in [0, 0.05) is 12.1 Å². The molecule has 2 atom stereocenters. The molecule has 0 saturated heterocycles. The zero-order chi connectivity index (χ0) is 16.4. The largest absolute Gasteiger partial charge is 0.497 e. The van der Waals surface area contributed by atoms with Crippen molar-refractivity contribution in [2.24, 2.45) is 5.92 Å². The standard InChI is InChI=1S/C22H21NO/c1-24-21-7-4-6-18(14-21)19-12-10-16-9-11-17-5-2-3-8-22(17)23-15-20(16)13-19/h2-10,12-15,17,22-23H,11H2,1H3. The van der Waals surface area contributed by atoms with Gasteiger partial charge in [-0.2, -0.15) is 0 Å². The Kier molecular flexibility index (Phi) is 3.96. The van der Waals surface area contributed by atoms with Crippen LogP contribution in [0, 0.1) is 5.92 Å². The molecule has 1 aliphatic heterocycles. The van der Waals surface area contributed by atoms with E-state index in [0.717, 1.165) is 12.2 Å². The smallest absolute Gasteiger partial charge is 0.119 e. The molecule has 1 heterocycles. The number of nitrogens with one attached hydrogen (secondary N) is 1. The van der Waals surface area contributed by atoms with Crippen molar-refractivity contribution >= 4 is 12.3 Å². The number of methoxy groups -OCH3 is 1. The lowest BCUT2D eigenvalue weighted by Gasteiger charge is -2.24. The number of ether oxygens (including phenoxy) is 1. The quantitative estimate of drug-likeness (QED) is 0.920. The van der Waals surface area contributed by atoms with Crippen LogP contribution in [-0.2, 0) is 0 Å². The summed E-state index contributed by atoms with van der Waals surface area (Å²) in [4.78, 5) is 0. The lowest BCUT2D eigenvalue weighted by molar-refractivity contribution is 0.415. The third-order valence-corrected chi connectivity index (χ3v) is 4.78. The summed E-state index contributed by atoms with van der Waals surface area (Å²) in [5.41, 5.74) is 2.38. The van der Waals surface area contributed by atoms with Crippen molar-refractivity contribution < 1.29 is 4.74 Å². The topological polar surface area (TPSA) is 21.3 Å². The molecule has 120 valence electrons. The Morgan fingerprint density at radius 2 is 1.83 bits per heavy atom. The molecule has 0 bridgehead atoms. The zero-order valence-corrected chi connectivity index (χ0v) is 13.8. The predicted octanol–water partition coefficient (Wildman–Crippen LogP) is 2.98. The van der Waals surface area contributed by atoms with Gasteiger partial charge in [-0.05, 0) is 46.2 Å². The molecule has 4 rings (SSSR count). The number of fused-ring (bicyclic) bond motifs is 2. The third kappa shape index (κ3) is 2.88. The van der Waals surface area contributed by atoms with Crippen LogP contribution < -0.4 is 20.5 Å². The molecule has 0 spiro atoms. The summed E-state index contributed by atoms with van der Waals surface area (Å²) in [6.07, 6.45) is 14.3. The lowest BCUT2D eigenvalue weighted by Crippen LogP contribution is -2.37. The molecular weight excluding hydrogens is 294 g/mol. The summed E-state index contributed by atoms with van der Waals surface area (Å²) in [6, 6.07) is 15.2. The van der Waals surface area contributed by atoms with E-state index in [1.807, 2.05) is 12.1 Å². The molecule has 2 heteroatoms. The van der Waals surface area contributed by atoms with Crippen LogP contribution in [0.4, 0.5) is 0 Å². The zero-order valence-electron chi connectivity index (χ0n) is 13.8. The highest BCUT2D eigenvalue weighted by molar-refractivity contribution is 5.65. The Labute approximate surface area is 142 Å². The predicted molar refractivity (Wildman–Crippen MR) is 99.9 cm³/mol. The molecule has 0 saturated carbocycles. The number of rotatable bonds is 2. The maximum absolute atomic E-state index is 5.34. The van der Waals surface area contributed by atoms with Crippen molar-refractivity contribution in [3.63, 3.8) is 0 Å². The Hall–Kier alpha value is -2.74. The molecule has 0 aromatic heterocycles. The normalized spacial score (nSPS) is 21.2. The van der Waals surface area contributed by atoms with Crippen LogP contribution in [0.1, 0.15) is 6.42 Å². The molecule has 2 nitrogen and oxygen atoms in total. The van der Waals surface area contributed by atoms with Gasteiger partial charge < -0.3 is 10.1 Å². The summed E-state index contributed by atoms with van der Waals surface area (Å²) in [5, 5.41) is 6.09. The fourth-order valence-electron chi connectivity index (χ4n) is 3.37. The van der Waals surface area contributed by atoms with Gasteiger partial charge in [0.1, 0.15) is 5.75 Å². The first-order valence-electron chi connectivity index (χ1n) is 8.39. The molecular formula is C22H21NO. The molecule has 2 aromatic rings. The Morgan fingerprint density at radius 3 is 2.75 bits per heavy atom. The minimum Gasteiger partial charge on any atom is -0.497 e. The van der Waals surface area contributed by atoms with E-state index >= 15 is 0 Å². The van der Waals surface area contributed by atoms with Crippen LogP contribution in [-0.4, -0.2) is 13.2 Å². The first kappa shape index (κ1) is 14.8. The van der Waals surface area contributed by atoms with Gasteiger partial charge in [0.05, 0.1) is 13.2 Å². The van der Waals surface area contributed by atoms with E-state index in [1.165, 1.54) is 21.6 Å². The first-order chi connectivity index (χ1) is 11.8. The minimum absolute atomic E-state index is 0.375. The van der Waals surface area contributed by atoms with Gasteiger partial charge in [0.15, 0.2) is 0 Å². The van der Waals surface area contributed by atoms with Crippen LogP contribution in [0.25, 0.3) is 23.4 Å². The number of allylic oxidation sites excluding steroid dienone is 2. The second kappa shape index (κ2) is 6.40. The van der Waals surface area contributed by atoms with Gasteiger partial charge in [0.25, 0.3) is 0 Å². The fourth-order valence-corrected chi connectivity index (χ4v) is 3.37. The van der Waals surface area contributed by atoms with Crippen molar-refractivity contribution in [3.8, 4) is 16.9 Å². The summed E-state index contributed by atoms with van der Waals surface area (Å²) in [5.74, 6) is 1.41. The van der Waals surface area contributed by atoms with Crippen LogP contribution in [0.2, 0.25) is 0 Å². The van der Waals surface area contributed by atoms with Gasteiger partial charge in [-0.25, -0.2) is 0 Å². The number of hydrogen-bond donors (Lipinski definition) is 1. The summed E-state index contributed by atoms with van der Waals surface area (Å²) in [7, 11) is 1.70. The Bertz CT molecular complexity index is 923. The van der Waals surface area contributed by atoms with E-state index in [2.05, 4.69) is 72.2 Å². The van der Waals surface area contributed by atoms with Crippen LogP contribution in [0.15, 0.2) is 66.8 Å². The molecule has 0 fully saturated rings. The molecule has 2 aromatic carbocycles. The third-order valence-electron chi connectivity index (χ3n) is 4.78. The molecule has 0 amide bonds. The second-order valence-corrected chi connectivity index (χ2v) is 6.29. The van der Waals surface area contributed by atoms with Gasteiger partial charge in [-0.1, -0.05) is 54.6 Å². The molecule has 24 heavy (non-hydrogen) atoms. The fraction of sp³-hybridized carbons (Fsp3) is 0.182. The number of benzene rings is 2. The van der Waals surface area contributed by atoms with E-state index in [9.17, 15) is 0 Å². The number of hydrogen-bond acceptors (Lipinski definition) is 2. The highest BCUT2D eigenvalue weighted by atomic mass is 16.5. The van der Waals surface area contributed by atoms with Crippen molar-refractivity contribution in [2.45, 2.75) is 12.5 Å². The maximum Gasteiger partial charge on any atom is 0.119 e. The Morgan fingerprint density at radius 1 is 0.958 bits per heavy atom. The van der Waals surface area contributed by atoms with E-state index in [-0.39, 0.29) is 0 Å². The second-order valence-electron chi connectivity index (χ2n) is 6.29. The molecule has 1 aliphatic carbocycles. The molecule has 0 radical (unpaired) electrons. The van der Waals surface area contributed by atoms with Crippen molar-refractivity contribution in [1.82, 2.24) is 5.32 Å². The van der Waals surface area contributed by atoms with Crippen molar-refractivity contribution in [3.05, 3.63) is 77.2 Å². The van der Waals surface area contributed by atoms with Gasteiger partial charge >= 0.3 is 0 Å². The van der Waals surface area contributed by atoms with Crippen LogP contribution in [0.3, 0.4) is 0 Å². The van der Waals surface area contributed by atoms with E-state index < -0.39 is 0 Å². The highest BCUT2D eigenvalue weighted by Gasteiger charge is 2.17. The van der Waals surface area contributed by atoms with Gasteiger partial charge in [-0.3, -0.25) is 0 Å². The highest BCUT2D eigenvalue weighted by Crippen LogP contribution is 2.22. The van der Waals surface area contributed by atoms with Crippen molar-refractivity contribution in [1.29, 1.82) is 0 Å².